The lowest BCUT2D eigenvalue weighted by Crippen LogP contribution is -2.36. The Morgan fingerprint density at radius 2 is 2.19 bits per heavy atom. The van der Waals surface area contributed by atoms with Gasteiger partial charge in [-0.05, 0) is 44.5 Å². The van der Waals surface area contributed by atoms with Crippen molar-refractivity contribution in [3.63, 3.8) is 0 Å². The van der Waals surface area contributed by atoms with Crippen LogP contribution in [0.15, 0.2) is 23.1 Å². The van der Waals surface area contributed by atoms with E-state index >= 15 is 0 Å². The topological polar surface area (TPSA) is 58.6 Å². The molecule has 1 aromatic carbocycles. The fourth-order valence-corrected chi connectivity index (χ4v) is 4.46. The molecule has 1 fully saturated rings. The van der Waals surface area contributed by atoms with Crippen molar-refractivity contribution in [3.05, 3.63) is 29.3 Å². The highest BCUT2D eigenvalue weighted by atomic mass is 32.2. The summed E-state index contributed by atoms with van der Waals surface area (Å²) in [6, 6.07) is 5.46. The van der Waals surface area contributed by atoms with E-state index in [4.69, 9.17) is 4.74 Å². The molecule has 0 bridgehead atoms. The lowest BCUT2D eigenvalue weighted by molar-refractivity contribution is 0.0752. The van der Waals surface area contributed by atoms with Crippen LogP contribution >= 0.6 is 0 Å². The summed E-state index contributed by atoms with van der Waals surface area (Å²) in [5.41, 5.74) is 1.84. The molecule has 0 aromatic heterocycles. The molecule has 1 aliphatic heterocycles. The quantitative estimate of drug-likeness (QED) is 0.916. The fraction of sp³-hybridized carbons (Fsp3) is 0.600. The Hall–Kier alpha value is -0.950. The van der Waals surface area contributed by atoms with Gasteiger partial charge in [-0.2, -0.15) is 4.31 Å². The standard InChI is InChI=1S/C15H24N2O3S/c1-12-11-17(8-5-9-20-12)21(18,19)15-7-4-6-14(10-16-3)13(15)2/h4,6-7,12,16H,5,8-11H2,1-3H3. The zero-order chi connectivity index (χ0) is 15.5. The molecule has 2 rings (SSSR count). The first-order valence-corrected chi connectivity index (χ1v) is 8.75. The zero-order valence-corrected chi connectivity index (χ0v) is 13.7. The Bertz CT molecular complexity index is 587. The third kappa shape index (κ3) is 3.63. The van der Waals surface area contributed by atoms with Crippen molar-refractivity contribution in [1.82, 2.24) is 9.62 Å². The summed E-state index contributed by atoms with van der Waals surface area (Å²) < 4.78 is 32.9. The molecule has 0 saturated carbocycles. The van der Waals surface area contributed by atoms with Gasteiger partial charge in [-0.1, -0.05) is 12.1 Å². The van der Waals surface area contributed by atoms with Crippen LogP contribution in [0.2, 0.25) is 0 Å². The average molecular weight is 312 g/mol. The van der Waals surface area contributed by atoms with Gasteiger partial charge in [-0.3, -0.25) is 0 Å². The Balaban J connectivity index is 2.36. The van der Waals surface area contributed by atoms with Gasteiger partial charge in [0.15, 0.2) is 0 Å². The normalized spacial score (nSPS) is 21.2. The highest BCUT2D eigenvalue weighted by Gasteiger charge is 2.29. The molecule has 1 saturated heterocycles. The van der Waals surface area contributed by atoms with E-state index in [0.29, 0.717) is 31.1 Å². The first-order valence-electron chi connectivity index (χ1n) is 7.31. The molecule has 0 spiro atoms. The summed E-state index contributed by atoms with van der Waals surface area (Å²) in [5, 5.41) is 3.07. The summed E-state index contributed by atoms with van der Waals surface area (Å²) in [5.74, 6) is 0. The number of hydrogen-bond donors (Lipinski definition) is 1. The summed E-state index contributed by atoms with van der Waals surface area (Å²) in [6.07, 6.45) is 0.668. The van der Waals surface area contributed by atoms with Crippen LogP contribution in [0.4, 0.5) is 0 Å². The van der Waals surface area contributed by atoms with Gasteiger partial charge in [0.2, 0.25) is 10.0 Å². The molecule has 1 heterocycles. The predicted octanol–water partition coefficient (Wildman–Crippen LogP) is 1.51. The lowest BCUT2D eigenvalue weighted by atomic mass is 10.1. The van der Waals surface area contributed by atoms with Crippen LogP contribution in [-0.2, 0) is 21.3 Å². The smallest absolute Gasteiger partial charge is 0.243 e. The maximum Gasteiger partial charge on any atom is 0.243 e. The van der Waals surface area contributed by atoms with Crippen LogP contribution in [0, 0.1) is 6.92 Å². The molecule has 1 aromatic rings. The molecule has 1 N–H and O–H groups in total. The zero-order valence-electron chi connectivity index (χ0n) is 12.9. The van der Waals surface area contributed by atoms with Gasteiger partial charge < -0.3 is 10.1 Å². The van der Waals surface area contributed by atoms with Crippen LogP contribution in [0.3, 0.4) is 0 Å². The van der Waals surface area contributed by atoms with E-state index in [0.717, 1.165) is 17.5 Å². The van der Waals surface area contributed by atoms with Gasteiger partial charge in [-0.25, -0.2) is 8.42 Å². The van der Waals surface area contributed by atoms with Crippen molar-refractivity contribution in [2.75, 3.05) is 26.7 Å². The SMILES string of the molecule is CNCc1cccc(S(=O)(=O)N2CCCOC(C)C2)c1C. The van der Waals surface area contributed by atoms with Crippen LogP contribution in [0.1, 0.15) is 24.5 Å². The summed E-state index contributed by atoms with van der Waals surface area (Å²) in [6.45, 7) is 6.00. The molecule has 6 heteroatoms. The minimum absolute atomic E-state index is 0.0666. The summed E-state index contributed by atoms with van der Waals surface area (Å²) in [4.78, 5) is 0.407. The van der Waals surface area contributed by atoms with E-state index in [9.17, 15) is 8.42 Å². The highest BCUT2D eigenvalue weighted by Crippen LogP contribution is 2.24. The second-order valence-electron chi connectivity index (χ2n) is 5.47. The molecule has 0 aliphatic carbocycles. The van der Waals surface area contributed by atoms with Crippen molar-refractivity contribution in [3.8, 4) is 0 Å². The Labute approximate surface area is 127 Å². The molecule has 5 nitrogen and oxygen atoms in total. The van der Waals surface area contributed by atoms with Crippen LogP contribution in [0.25, 0.3) is 0 Å². The molecule has 118 valence electrons. The van der Waals surface area contributed by atoms with Gasteiger partial charge in [-0.15, -0.1) is 0 Å². The number of benzene rings is 1. The number of hydrogen-bond acceptors (Lipinski definition) is 4. The van der Waals surface area contributed by atoms with Gasteiger partial charge in [0.05, 0.1) is 11.0 Å². The van der Waals surface area contributed by atoms with Crippen LogP contribution < -0.4 is 5.32 Å². The Morgan fingerprint density at radius 3 is 2.90 bits per heavy atom. The van der Waals surface area contributed by atoms with Crippen LogP contribution in [-0.4, -0.2) is 45.6 Å². The Kier molecular flexibility index (Phi) is 5.37. The Morgan fingerprint density at radius 1 is 1.43 bits per heavy atom. The van der Waals surface area contributed by atoms with Crippen molar-refractivity contribution in [2.24, 2.45) is 0 Å². The van der Waals surface area contributed by atoms with E-state index in [1.165, 1.54) is 0 Å². The second-order valence-corrected chi connectivity index (χ2v) is 7.37. The van der Waals surface area contributed by atoms with Crippen molar-refractivity contribution in [2.45, 2.75) is 37.8 Å². The second kappa shape index (κ2) is 6.87. The molecule has 0 amide bonds. The first-order chi connectivity index (χ1) is 9.96. The van der Waals surface area contributed by atoms with E-state index in [2.05, 4.69) is 5.32 Å². The molecule has 1 atom stereocenters. The van der Waals surface area contributed by atoms with Gasteiger partial charge >= 0.3 is 0 Å². The highest BCUT2D eigenvalue weighted by molar-refractivity contribution is 7.89. The number of sulfonamides is 1. The summed E-state index contributed by atoms with van der Waals surface area (Å²) in [7, 11) is -1.61. The first kappa shape index (κ1) is 16.4. The molecule has 1 aliphatic rings. The third-order valence-corrected chi connectivity index (χ3v) is 5.81. The monoisotopic (exact) mass is 312 g/mol. The van der Waals surface area contributed by atoms with Crippen molar-refractivity contribution >= 4 is 10.0 Å². The van der Waals surface area contributed by atoms with Gasteiger partial charge in [0.1, 0.15) is 0 Å². The third-order valence-electron chi connectivity index (χ3n) is 3.80. The van der Waals surface area contributed by atoms with Gasteiger partial charge in [0.25, 0.3) is 0 Å². The lowest BCUT2D eigenvalue weighted by Gasteiger charge is -2.23. The molecule has 1 unspecified atom stereocenters. The van der Waals surface area contributed by atoms with E-state index in [1.54, 1.807) is 10.4 Å². The maximum atomic E-state index is 12.9. The number of nitrogens with one attached hydrogen (secondary N) is 1. The van der Waals surface area contributed by atoms with Crippen molar-refractivity contribution in [1.29, 1.82) is 0 Å². The van der Waals surface area contributed by atoms with Crippen LogP contribution in [0.5, 0.6) is 0 Å². The molecule has 0 radical (unpaired) electrons. The fourth-order valence-electron chi connectivity index (χ4n) is 2.63. The molecular formula is C15H24N2O3S. The number of rotatable bonds is 4. The largest absolute Gasteiger partial charge is 0.377 e. The number of nitrogens with zero attached hydrogens (tertiary/aromatic N) is 1. The maximum absolute atomic E-state index is 12.9. The average Bonchev–Trinajstić information content (AvgIpc) is 2.66. The van der Waals surface area contributed by atoms with E-state index < -0.39 is 10.0 Å². The predicted molar refractivity (Wildman–Crippen MR) is 82.7 cm³/mol. The minimum Gasteiger partial charge on any atom is -0.377 e. The summed E-state index contributed by atoms with van der Waals surface area (Å²) >= 11 is 0. The molecule has 21 heavy (non-hydrogen) atoms. The van der Waals surface area contributed by atoms with Gasteiger partial charge in [0, 0.05) is 26.2 Å². The minimum atomic E-state index is -3.46. The van der Waals surface area contributed by atoms with Crippen molar-refractivity contribution < 1.29 is 13.2 Å². The number of ether oxygens (including phenoxy) is 1. The molecular weight excluding hydrogens is 288 g/mol. The van der Waals surface area contributed by atoms with E-state index in [1.807, 2.05) is 33.0 Å². The van der Waals surface area contributed by atoms with E-state index in [-0.39, 0.29) is 6.10 Å².